The van der Waals surface area contributed by atoms with Crippen molar-refractivity contribution in [3.8, 4) is 11.8 Å². The number of halogens is 4. The first kappa shape index (κ1) is 26.1. The lowest BCUT2D eigenvalue weighted by molar-refractivity contribution is -0.141. The van der Waals surface area contributed by atoms with E-state index in [1.807, 2.05) is 6.07 Å². The van der Waals surface area contributed by atoms with Crippen molar-refractivity contribution >= 4 is 5.91 Å². The van der Waals surface area contributed by atoms with E-state index in [1.54, 1.807) is 30.3 Å². The average Bonchev–Trinajstić information content (AvgIpc) is 3.34. The number of benzene rings is 2. The van der Waals surface area contributed by atoms with Crippen molar-refractivity contribution in [2.45, 2.75) is 19.2 Å². The molecule has 2 aromatic carbocycles. The van der Waals surface area contributed by atoms with Gasteiger partial charge in [-0.25, -0.2) is 9.07 Å². The molecule has 0 bridgehead atoms. The quantitative estimate of drug-likeness (QED) is 0.332. The number of allylic oxidation sites excluding steroid dienone is 2. The predicted molar refractivity (Wildman–Crippen MR) is 124 cm³/mol. The monoisotopic (exact) mass is 496 g/mol. The first-order chi connectivity index (χ1) is 17.1. The van der Waals surface area contributed by atoms with Crippen LogP contribution in [0.5, 0.6) is 0 Å². The number of amides is 1. The zero-order valence-electron chi connectivity index (χ0n) is 18.9. The summed E-state index contributed by atoms with van der Waals surface area (Å²) in [6.07, 6.45) is -3.97. The molecule has 3 rings (SSSR count). The highest BCUT2D eigenvalue weighted by atomic mass is 19.4. The minimum Gasteiger partial charge on any atom is -0.384 e. The predicted octanol–water partition coefficient (Wildman–Crippen LogP) is 5.54. The highest BCUT2D eigenvalue weighted by molar-refractivity contribution is 5.95. The minimum absolute atomic E-state index is 0.0212. The SMILES string of the molecule is C=C/C(NC(=O)c1cc(C(F)(F)F)nn1-c1cccc(C#N)c1)=C(F)\C(=C/C)C(O)c1ccccc1. The van der Waals surface area contributed by atoms with Crippen LogP contribution in [0.1, 0.15) is 40.3 Å². The van der Waals surface area contributed by atoms with Gasteiger partial charge in [0.05, 0.1) is 23.0 Å². The highest BCUT2D eigenvalue weighted by Crippen LogP contribution is 2.31. The van der Waals surface area contributed by atoms with Crippen LogP contribution in [-0.2, 0) is 6.18 Å². The number of carbonyl (C=O) groups is 1. The fraction of sp³-hybridized carbons (Fsp3) is 0.115. The normalized spacial score (nSPS) is 13.4. The molecule has 1 amide bonds. The summed E-state index contributed by atoms with van der Waals surface area (Å²) in [5.41, 5.74) is -2.01. The Bertz CT molecular complexity index is 1380. The molecule has 1 aromatic heterocycles. The van der Waals surface area contributed by atoms with Gasteiger partial charge >= 0.3 is 6.18 Å². The Morgan fingerprint density at radius 2 is 1.89 bits per heavy atom. The van der Waals surface area contributed by atoms with Crippen molar-refractivity contribution in [3.63, 3.8) is 0 Å². The van der Waals surface area contributed by atoms with Crippen LogP contribution in [-0.4, -0.2) is 20.8 Å². The lowest BCUT2D eigenvalue weighted by atomic mass is 9.99. The van der Waals surface area contributed by atoms with E-state index < -0.39 is 41.1 Å². The van der Waals surface area contributed by atoms with Gasteiger partial charge in [-0.3, -0.25) is 4.79 Å². The number of carbonyl (C=O) groups excluding carboxylic acids is 1. The van der Waals surface area contributed by atoms with Crippen LogP contribution < -0.4 is 5.32 Å². The van der Waals surface area contributed by atoms with E-state index in [0.29, 0.717) is 16.3 Å². The van der Waals surface area contributed by atoms with Crippen LogP contribution in [0, 0.1) is 11.3 Å². The zero-order valence-corrected chi connectivity index (χ0v) is 18.9. The summed E-state index contributed by atoms with van der Waals surface area (Å²) in [4.78, 5) is 13.0. The molecule has 184 valence electrons. The summed E-state index contributed by atoms with van der Waals surface area (Å²) >= 11 is 0. The molecular weight excluding hydrogens is 476 g/mol. The Balaban J connectivity index is 2.03. The fourth-order valence-corrected chi connectivity index (χ4v) is 3.34. The molecule has 2 N–H and O–H groups in total. The summed E-state index contributed by atoms with van der Waals surface area (Å²) in [7, 11) is 0. The average molecular weight is 496 g/mol. The van der Waals surface area contributed by atoms with Crippen molar-refractivity contribution in [2.24, 2.45) is 0 Å². The van der Waals surface area contributed by atoms with Crippen LogP contribution >= 0.6 is 0 Å². The van der Waals surface area contributed by atoms with Gasteiger partial charge in [0.2, 0.25) is 0 Å². The number of aliphatic hydroxyl groups excluding tert-OH is 1. The van der Waals surface area contributed by atoms with Gasteiger partial charge in [-0.05, 0) is 36.8 Å². The van der Waals surface area contributed by atoms with Crippen molar-refractivity contribution in [3.05, 3.63) is 119 Å². The third-order valence-corrected chi connectivity index (χ3v) is 5.12. The van der Waals surface area contributed by atoms with Gasteiger partial charge < -0.3 is 10.4 Å². The van der Waals surface area contributed by atoms with Gasteiger partial charge in [0, 0.05) is 11.6 Å². The number of nitriles is 1. The second-order valence-electron chi connectivity index (χ2n) is 7.43. The van der Waals surface area contributed by atoms with Crippen LogP contribution in [0.25, 0.3) is 5.69 Å². The van der Waals surface area contributed by atoms with Gasteiger partial charge in [0.15, 0.2) is 11.5 Å². The number of nitrogens with zero attached hydrogens (tertiary/aromatic N) is 3. The number of rotatable bonds is 7. The Morgan fingerprint density at radius 3 is 2.47 bits per heavy atom. The van der Waals surface area contributed by atoms with Crippen LogP contribution in [0.2, 0.25) is 0 Å². The largest absolute Gasteiger partial charge is 0.435 e. The van der Waals surface area contributed by atoms with Crippen LogP contribution in [0.3, 0.4) is 0 Å². The Kier molecular flexibility index (Phi) is 7.86. The maximum Gasteiger partial charge on any atom is 0.435 e. The van der Waals surface area contributed by atoms with Gasteiger partial charge in [-0.1, -0.05) is 49.1 Å². The Labute approximate surface area is 204 Å². The molecule has 6 nitrogen and oxygen atoms in total. The van der Waals surface area contributed by atoms with Gasteiger partial charge in [0.1, 0.15) is 11.8 Å². The van der Waals surface area contributed by atoms with Crippen LogP contribution in [0.4, 0.5) is 17.6 Å². The summed E-state index contributed by atoms with van der Waals surface area (Å²) in [6.45, 7) is 4.95. The lowest BCUT2D eigenvalue weighted by Crippen LogP contribution is -2.26. The van der Waals surface area contributed by atoms with Crippen molar-refractivity contribution < 1.29 is 27.5 Å². The number of hydrogen-bond donors (Lipinski definition) is 2. The molecule has 0 aliphatic heterocycles. The third kappa shape index (κ3) is 5.59. The summed E-state index contributed by atoms with van der Waals surface area (Å²) in [5.74, 6) is -2.14. The van der Waals surface area contributed by atoms with E-state index in [-0.39, 0.29) is 16.8 Å². The number of hydrogen-bond acceptors (Lipinski definition) is 4. The maximum atomic E-state index is 15.4. The molecule has 1 heterocycles. The molecule has 0 saturated carbocycles. The maximum absolute atomic E-state index is 15.4. The molecule has 0 fully saturated rings. The standard InChI is InChI=1S/C26H20F4N4O2/c1-3-19(24(35)17-10-6-5-7-11-17)23(27)20(4-2)32-25(36)21-14-22(26(28,29)30)33-34(21)18-12-8-9-16(13-18)15-31/h3-14,24,35H,2H2,1H3,(H,32,36)/b19-3+,23-20-. The van der Waals surface area contributed by atoms with E-state index in [9.17, 15) is 23.1 Å². The molecule has 1 atom stereocenters. The Hall–Kier alpha value is -4.49. The van der Waals surface area contributed by atoms with Gasteiger partial charge in [0.25, 0.3) is 5.91 Å². The molecule has 0 spiro atoms. The van der Waals surface area contributed by atoms with E-state index in [2.05, 4.69) is 17.0 Å². The molecule has 0 aliphatic rings. The Morgan fingerprint density at radius 1 is 1.19 bits per heavy atom. The van der Waals surface area contributed by atoms with E-state index >= 15 is 4.39 Å². The number of nitrogens with one attached hydrogen (secondary N) is 1. The molecule has 0 saturated heterocycles. The zero-order chi connectivity index (χ0) is 26.5. The summed E-state index contributed by atoms with van der Waals surface area (Å²) in [6, 6.07) is 16.0. The molecule has 3 aromatic rings. The number of alkyl halides is 3. The first-order valence-corrected chi connectivity index (χ1v) is 10.5. The second-order valence-corrected chi connectivity index (χ2v) is 7.43. The van der Waals surface area contributed by atoms with Gasteiger partial charge in [-0.2, -0.15) is 23.5 Å². The van der Waals surface area contributed by atoms with Crippen LogP contribution in [0.15, 0.2) is 96.5 Å². The molecular formula is C26H20F4N4O2. The molecule has 10 heteroatoms. The number of aliphatic hydroxyl groups is 1. The number of aromatic nitrogens is 2. The molecule has 0 radical (unpaired) electrons. The second kappa shape index (κ2) is 10.8. The van der Waals surface area contributed by atoms with Crippen molar-refractivity contribution in [1.82, 2.24) is 15.1 Å². The lowest BCUT2D eigenvalue weighted by Gasteiger charge is -2.16. The molecule has 0 aliphatic carbocycles. The van der Waals surface area contributed by atoms with Gasteiger partial charge in [-0.15, -0.1) is 0 Å². The highest BCUT2D eigenvalue weighted by Gasteiger charge is 2.36. The summed E-state index contributed by atoms with van der Waals surface area (Å²) in [5, 5.41) is 25.4. The van der Waals surface area contributed by atoms with E-state index in [0.717, 1.165) is 6.08 Å². The topological polar surface area (TPSA) is 90.9 Å². The fourth-order valence-electron chi connectivity index (χ4n) is 3.34. The molecule has 36 heavy (non-hydrogen) atoms. The van der Waals surface area contributed by atoms with E-state index in [4.69, 9.17) is 5.26 Å². The van der Waals surface area contributed by atoms with Crippen molar-refractivity contribution in [1.29, 1.82) is 5.26 Å². The minimum atomic E-state index is -4.87. The third-order valence-electron chi connectivity index (χ3n) is 5.12. The summed E-state index contributed by atoms with van der Waals surface area (Å²) < 4.78 is 56.3. The van der Waals surface area contributed by atoms with Crippen molar-refractivity contribution in [2.75, 3.05) is 0 Å². The molecule has 1 unspecified atom stereocenters. The smallest absolute Gasteiger partial charge is 0.384 e. The van der Waals surface area contributed by atoms with E-state index in [1.165, 1.54) is 37.3 Å². The first-order valence-electron chi connectivity index (χ1n) is 10.5.